The molecule has 3 aromatic carbocycles. The average molecular weight is 449 g/mol. The number of benzene rings is 3. The zero-order valence-electron chi connectivity index (χ0n) is 18.4. The van der Waals surface area contributed by atoms with Gasteiger partial charge in [-0.2, -0.15) is 0 Å². The van der Waals surface area contributed by atoms with Gasteiger partial charge in [0, 0.05) is 17.6 Å². The van der Waals surface area contributed by atoms with Crippen LogP contribution in [0.1, 0.15) is 41.8 Å². The molecule has 0 aliphatic carbocycles. The molecule has 5 nitrogen and oxygen atoms in total. The molecule has 1 amide bonds. The predicted octanol–water partition coefficient (Wildman–Crippen LogP) is 4.58. The average Bonchev–Trinajstić information content (AvgIpc) is 3.14. The van der Waals surface area contributed by atoms with Crippen LogP contribution in [0.15, 0.2) is 83.8 Å². The summed E-state index contributed by atoms with van der Waals surface area (Å²) in [5.41, 5.74) is 3.33. The zero-order chi connectivity index (χ0) is 22.7. The van der Waals surface area contributed by atoms with E-state index < -0.39 is 10.0 Å². The number of nitrogens with one attached hydrogen (secondary N) is 1. The normalized spacial score (nSPS) is 16.4. The van der Waals surface area contributed by atoms with Gasteiger partial charge in [-0.25, -0.2) is 8.42 Å². The SMILES string of the molecule is C[C@@H](CCc1ccccc1)NC(=O)c1ccc2c(c1)C[C@H](C)N2S(=O)(=O)c1ccccc1. The fraction of sp³-hybridized carbons (Fsp3) is 0.269. The molecule has 1 aliphatic rings. The van der Waals surface area contributed by atoms with Crippen LogP contribution in [-0.4, -0.2) is 26.4 Å². The quantitative estimate of drug-likeness (QED) is 0.575. The summed E-state index contributed by atoms with van der Waals surface area (Å²) in [6.07, 6.45) is 2.32. The number of hydrogen-bond donors (Lipinski definition) is 1. The van der Waals surface area contributed by atoms with Crippen molar-refractivity contribution >= 4 is 21.6 Å². The fourth-order valence-corrected chi connectivity index (χ4v) is 5.94. The van der Waals surface area contributed by atoms with E-state index in [9.17, 15) is 13.2 Å². The molecule has 1 aliphatic heterocycles. The Labute approximate surface area is 190 Å². The number of rotatable bonds is 7. The maximum absolute atomic E-state index is 13.2. The Morgan fingerprint density at radius 3 is 2.38 bits per heavy atom. The van der Waals surface area contributed by atoms with Crippen LogP contribution >= 0.6 is 0 Å². The molecule has 4 rings (SSSR count). The predicted molar refractivity (Wildman–Crippen MR) is 127 cm³/mol. The first-order chi connectivity index (χ1) is 15.4. The fourth-order valence-electron chi connectivity index (χ4n) is 4.22. The van der Waals surface area contributed by atoms with Gasteiger partial charge in [-0.15, -0.1) is 0 Å². The molecule has 0 aromatic heterocycles. The van der Waals surface area contributed by atoms with Gasteiger partial charge in [0.15, 0.2) is 0 Å². The lowest BCUT2D eigenvalue weighted by Gasteiger charge is -2.24. The van der Waals surface area contributed by atoms with Crippen molar-refractivity contribution in [1.82, 2.24) is 5.32 Å². The molecule has 0 saturated carbocycles. The number of amides is 1. The zero-order valence-corrected chi connectivity index (χ0v) is 19.2. The smallest absolute Gasteiger partial charge is 0.264 e. The molecule has 0 radical (unpaired) electrons. The van der Waals surface area contributed by atoms with Gasteiger partial charge in [-0.3, -0.25) is 9.10 Å². The van der Waals surface area contributed by atoms with E-state index in [0.717, 1.165) is 18.4 Å². The lowest BCUT2D eigenvalue weighted by atomic mass is 10.0. The molecule has 0 spiro atoms. The van der Waals surface area contributed by atoms with Crippen molar-refractivity contribution in [2.75, 3.05) is 4.31 Å². The van der Waals surface area contributed by atoms with Gasteiger partial charge in [0.25, 0.3) is 15.9 Å². The van der Waals surface area contributed by atoms with Crippen molar-refractivity contribution in [2.45, 2.75) is 50.1 Å². The standard InChI is InChI=1S/C26H28N2O3S/c1-19(13-14-21-9-5-3-6-10-21)27-26(29)22-15-16-25-23(18-22)17-20(2)28(25)32(30,31)24-11-7-4-8-12-24/h3-12,15-16,18-20H,13-14,17H2,1-2H3,(H,27,29)/t19-,20-/m0/s1. The third-order valence-corrected chi connectivity index (χ3v) is 7.82. The molecular formula is C26H28N2O3S. The monoisotopic (exact) mass is 448 g/mol. The molecule has 32 heavy (non-hydrogen) atoms. The number of anilines is 1. The summed E-state index contributed by atoms with van der Waals surface area (Å²) in [5, 5.41) is 3.07. The van der Waals surface area contributed by atoms with Crippen LogP contribution in [0.4, 0.5) is 5.69 Å². The van der Waals surface area contributed by atoms with Crippen LogP contribution in [0.5, 0.6) is 0 Å². The first-order valence-corrected chi connectivity index (χ1v) is 12.4. The van der Waals surface area contributed by atoms with Gasteiger partial charge in [0.05, 0.1) is 10.6 Å². The summed E-state index contributed by atoms with van der Waals surface area (Å²) < 4.78 is 27.9. The molecule has 0 fully saturated rings. The van der Waals surface area contributed by atoms with E-state index in [2.05, 4.69) is 17.4 Å². The Bertz CT molecular complexity index is 1190. The number of nitrogens with zero attached hydrogens (tertiary/aromatic N) is 1. The molecule has 2 atom stereocenters. The summed E-state index contributed by atoms with van der Waals surface area (Å²) in [6.45, 7) is 3.90. The number of carbonyl (C=O) groups is 1. The molecule has 1 N–H and O–H groups in total. The number of hydrogen-bond acceptors (Lipinski definition) is 3. The highest BCUT2D eigenvalue weighted by Gasteiger charge is 2.36. The van der Waals surface area contributed by atoms with Crippen LogP contribution in [-0.2, 0) is 22.9 Å². The first-order valence-electron chi connectivity index (χ1n) is 10.9. The molecular weight excluding hydrogens is 420 g/mol. The molecule has 0 saturated heterocycles. The largest absolute Gasteiger partial charge is 0.350 e. The number of carbonyl (C=O) groups excluding carboxylic acids is 1. The van der Waals surface area contributed by atoms with Crippen molar-refractivity contribution in [1.29, 1.82) is 0 Å². The Hall–Kier alpha value is -3.12. The van der Waals surface area contributed by atoms with E-state index in [1.165, 1.54) is 9.87 Å². The summed E-state index contributed by atoms with van der Waals surface area (Å²) in [5.74, 6) is -0.134. The van der Waals surface area contributed by atoms with E-state index in [1.54, 1.807) is 42.5 Å². The van der Waals surface area contributed by atoms with Gasteiger partial charge >= 0.3 is 0 Å². The summed E-state index contributed by atoms with van der Waals surface area (Å²) in [6, 6.07) is 23.8. The van der Waals surface area contributed by atoms with E-state index in [4.69, 9.17) is 0 Å². The van der Waals surface area contributed by atoms with Crippen LogP contribution in [0, 0.1) is 0 Å². The van der Waals surface area contributed by atoms with E-state index in [-0.39, 0.29) is 22.9 Å². The van der Waals surface area contributed by atoms with E-state index in [0.29, 0.717) is 17.7 Å². The lowest BCUT2D eigenvalue weighted by Crippen LogP contribution is -2.35. The highest BCUT2D eigenvalue weighted by atomic mass is 32.2. The highest BCUT2D eigenvalue weighted by Crippen LogP contribution is 2.37. The summed E-state index contributed by atoms with van der Waals surface area (Å²) in [4.78, 5) is 13.1. The second-order valence-corrected chi connectivity index (χ2v) is 10.2. The molecule has 166 valence electrons. The second-order valence-electron chi connectivity index (χ2n) is 8.41. The van der Waals surface area contributed by atoms with Gasteiger partial charge < -0.3 is 5.32 Å². The van der Waals surface area contributed by atoms with Crippen molar-refractivity contribution < 1.29 is 13.2 Å². The Morgan fingerprint density at radius 2 is 1.69 bits per heavy atom. The molecule has 0 unspecified atom stereocenters. The number of fused-ring (bicyclic) bond motifs is 1. The molecule has 3 aromatic rings. The molecule has 0 bridgehead atoms. The minimum absolute atomic E-state index is 0.0323. The van der Waals surface area contributed by atoms with Gasteiger partial charge in [0.2, 0.25) is 0 Å². The lowest BCUT2D eigenvalue weighted by molar-refractivity contribution is 0.0938. The van der Waals surface area contributed by atoms with Crippen molar-refractivity contribution in [3.8, 4) is 0 Å². The van der Waals surface area contributed by atoms with Gasteiger partial charge in [-0.1, -0.05) is 48.5 Å². The highest BCUT2D eigenvalue weighted by molar-refractivity contribution is 7.92. The van der Waals surface area contributed by atoms with Crippen LogP contribution in [0.25, 0.3) is 0 Å². The van der Waals surface area contributed by atoms with Gasteiger partial charge in [0.1, 0.15) is 0 Å². The van der Waals surface area contributed by atoms with Crippen LogP contribution in [0.3, 0.4) is 0 Å². The molecule has 1 heterocycles. The minimum Gasteiger partial charge on any atom is -0.350 e. The maximum Gasteiger partial charge on any atom is 0.264 e. The number of sulfonamides is 1. The number of aryl methyl sites for hydroxylation is 1. The van der Waals surface area contributed by atoms with Crippen LogP contribution in [0.2, 0.25) is 0 Å². The van der Waals surface area contributed by atoms with Crippen molar-refractivity contribution in [3.05, 3.63) is 95.6 Å². The topological polar surface area (TPSA) is 66.5 Å². The Morgan fingerprint density at radius 1 is 1.03 bits per heavy atom. The Kier molecular flexibility index (Phi) is 6.33. The van der Waals surface area contributed by atoms with E-state index in [1.807, 2.05) is 38.1 Å². The summed E-state index contributed by atoms with van der Waals surface area (Å²) >= 11 is 0. The van der Waals surface area contributed by atoms with Crippen LogP contribution < -0.4 is 9.62 Å². The van der Waals surface area contributed by atoms with E-state index >= 15 is 0 Å². The molecule has 6 heteroatoms. The van der Waals surface area contributed by atoms with Crippen molar-refractivity contribution in [3.63, 3.8) is 0 Å². The minimum atomic E-state index is -3.65. The third-order valence-electron chi connectivity index (χ3n) is 5.88. The Balaban J connectivity index is 1.47. The maximum atomic E-state index is 13.2. The van der Waals surface area contributed by atoms with Crippen molar-refractivity contribution in [2.24, 2.45) is 0 Å². The first kappa shape index (κ1) is 22.1. The van der Waals surface area contributed by atoms with Gasteiger partial charge in [-0.05, 0) is 74.6 Å². The second kappa shape index (κ2) is 9.17. The summed E-state index contributed by atoms with van der Waals surface area (Å²) in [7, 11) is -3.65. The third kappa shape index (κ3) is 4.55.